The summed E-state index contributed by atoms with van der Waals surface area (Å²) in [6.45, 7) is 3.36. The Labute approximate surface area is 141 Å². The minimum absolute atomic E-state index is 0.168. The van der Waals surface area contributed by atoms with E-state index in [0.717, 1.165) is 6.07 Å². The Morgan fingerprint density at radius 2 is 1.79 bits per heavy atom. The van der Waals surface area contributed by atoms with Gasteiger partial charge in [0.05, 0.1) is 5.39 Å². The molecular formula is C15H14ClN3O5. The Morgan fingerprint density at radius 1 is 1.08 bits per heavy atom. The van der Waals surface area contributed by atoms with Crippen LogP contribution in [0.5, 0.6) is 0 Å². The van der Waals surface area contributed by atoms with E-state index < -0.39 is 23.2 Å². The van der Waals surface area contributed by atoms with Crippen molar-refractivity contribution in [1.29, 1.82) is 0 Å². The number of nitrogens with one attached hydrogen (secondary N) is 3. The van der Waals surface area contributed by atoms with Crippen LogP contribution < -0.4 is 21.6 Å². The van der Waals surface area contributed by atoms with Gasteiger partial charge >= 0.3 is 17.7 Å². The number of hydrogen-bond acceptors (Lipinski definition) is 5. The average Bonchev–Trinajstić information content (AvgIpc) is 2.52. The van der Waals surface area contributed by atoms with E-state index in [0.29, 0.717) is 5.02 Å². The molecule has 3 amide bonds. The average molecular weight is 352 g/mol. The summed E-state index contributed by atoms with van der Waals surface area (Å²) in [5.74, 6) is -3.15. The van der Waals surface area contributed by atoms with Crippen LogP contribution in [0.25, 0.3) is 11.0 Å². The molecule has 1 aromatic carbocycles. The standard InChI is InChI=1S/C15H14ClN3O5/c1-7(2)17-14(22)15(23)19-18-13(21)12-6-10(20)9-5-8(16)3-4-11(9)24-12/h3-7H,1-2H3,(H,17,22)(H,18,21)(H,19,23). The van der Waals surface area contributed by atoms with Crippen molar-refractivity contribution in [2.45, 2.75) is 19.9 Å². The van der Waals surface area contributed by atoms with E-state index in [2.05, 4.69) is 5.32 Å². The van der Waals surface area contributed by atoms with E-state index in [1.54, 1.807) is 13.8 Å². The van der Waals surface area contributed by atoms with Crippen molar-refractivity contribution >= 4 is 40.3 Å². The van der Waals surface area contributed by atoms with Crippen molar-refractivity contribution in [3.05, 3.63) is 45.3 Å². The number of halogens is 1. The van der Waals surface area contributed by atoms with Crippen LogP contribution >= 0.6 is 11.6 Å². The first-order valence-electron chi connectivity index (χ1n) is 6.92. The third kappa shape index (κ3) is 4.11. The predicted octanol–water partition coefficient (Wildman–Crippen LogP) is 0.732. The third-order valence-corrected chi connectivity index (χ3v) is 3.06. The largest absolute Gasteiger partial charge is 0.451 e. The lowest BCUT2D eigenvalue weighted by atomic mass is 10.2. The van der Waals surface area contributed by atoms with Crippen LogP contribution in [0.1, 0.15) is 24.4 Å². The second-order valence-electron chi connectivity index (χ2n) is 5.15. The highest BCUT2D eigenvalue weighted by atomic mass is 35.5. The minimum Gasteiger partial charge on any atom is -0.451 e. The van der Waals surface area contributed by atoms with Crippen molar-refractivity contribution in [1.82, 2.24) is 16.2 Å². The highest BCUT2D eigenvalue weighted by Crippen LogP contribution is 2.17. The Morgan fingerprint density at radius 3 is 2.46 bits per heavy atom. The molecule has 0 radical (unpaired) electrons. The molecule has 0 saturated carbocycles. The Bertz CT molecular complexity index is 875. The van der Waals surface area contributed by atoms with E-state index in [-0.39, 0.29) is 22.8 Å². The molecule has 0 unspecified atom stereocenters. The van der Waals surface area contributed by atoms with Gasteiger partial charge < -0.3 is 9.73 Å². The smallest absolute Gasteiger partial charge is 0.327 e. The van der Waals surface area contributed by atoms with Gasteiger partial charge in [-0.1, -0.05) is 11.6 Å². The number of hydrazine groups is 1. The molecular weight excluding hydrogens is 338 g/mol. The van der Waals surface area contributed by atoms with Crippen LogP contribution in [-0.4, -0.2) is 23.8 Å². The Kier molecular flexibility index (Phi) is 5.20. The third-order valence-electron chi connectivity index (χ3n) is 2.83. The molecule has 2 rings (SSSR count). The molecule has 0 aliphatic rings. The van der Waals surface area contributed by atoms with E-state index in [1.165, 1.54) is 18.2 Å². The number of carbonyl (C=O) groups is 3. The molecule has 3 N–H and O–H groups in total. The van der Waals surface area contributed by atoms with Crippen LogP contribution in [0.15, 0.2) is 33.5 Å². The Balaban J connectivity index is 2.12. The maximum absolute atomic E-state index is 12.0. The van der Waals surface area contributed by atoms with Crippen LogP contribution in [-0.2, 0) is 9.59 Å². The summed E-state index contributed by atoms with van der Waals surface area (Å²) in [6, 6.07) is 5.11. The molecule has 0 fully saturated rings. The maximum Gasteiger partial charge on any atom is 0.327 e. The quantitative estimate of drug-likeness (QED) is 0.544. The van der Waals surface area contributed by atoms with E-state index in [1.807, 2.05) is 10.9 Å². The van der Waals surface area contributed by atoms with Gasteiger partial charge in [0, 0.05) is 17.1 Å². The van der Waals surface area contributed by atoms with Crippen molar-refractivity contribution in [3.63, 3.8) is 0 Å². The number of hydrogen-bond donors (Lipinski definition) is 3. The van der Waals surface area contributed by atoms with Crippen molar-refractivity contribution in [2.75, 3.05) is 0 Å². The molecule has 9 heteroatoms. The van der Waals surface area contributed by atoms with E-state index in [4.69, 9.17) is 16.0 Å². The van der Waals surface area contributed by atoms with Gasteiger partial charge in [0.15, 0.2) is 11.2 Å². The predicted molar refractivity (Wildman–Crippen MR) is 86.4 cm³/mol. The molecule has 126 valence electrons. The maximum atomic E-state index is 12.0. The molecule has 0 spiro atoms. The van der Waals surface area contributed by atoms with Gasteiger partial charge in [0.2, 0.25) is 0 Å². The Hall–Kier alpha value is -2.87. The fourth-order valence-corrected chi connectivity index (χ4v) is 1.97. The number of carbonyl (C=O) groups excluding carboxylic acids is 3. The van der Waals surface area contributed by atoms with Crippen LogP contribution in [0.4, 0.5) is 0 Å². The summed E-state index contributed by atoms with van der Waals surface area (Å²) in [5, 5.41) is 2.93. The van der Waals surface area contributed by atoms with E-state index in [9.17, 15) is 19.2 Å². The zero-order chi connectivity index (χ0) is 17.9. The zero-order valence-corrected chi connectivity index (χ0v) is 13.6. The lowest BCUT2D eigenvalue weighted by Gasteiger charge is -2.09. The number of benzene rings is 1. The van der Waals surface area contributed by atoms with Gasteiger partial charge in [-0.2, -0.15) is 0 Å². The number of rotatable bonds is 2. The monoisotopic (exact) mass is 351 g/mol. The van der Waals surface area contributed by atoms with Gasteiger partial charge in [-0.25, -0.2) is 0 Å². The highest BCUT2D eigenvalue weighted by molar-refractivity contribution is 6.35. The fraction of sp³-hybridized carbons (Fsp3) is 0.200. The molecule has 2 aromatic rings. The molecule has 0 aliphatic heterocycles. The first-order valence-corrected chi connectivity index (χ1v) is 7.30. The molecule has 0 saturated heterocycles. The molecule has 0 bridgehead atoms. The normalized spacial score (nSPS) is 10.5. The first-order chi connectivity index (χ1) is 11.3. The minimum atomic E-state index is -1.05. The zero-order valence-electron chi connectivity index (χ0n) is 12.8. The topological polar surface area (TPSA) is 118 Å². The van der Waals surface area contributed by atoms with Gasteiger partial charge in [-0.3, -0.25) is 30.0 Å². The molecule has 1 aromatic heterocycles. The van der Waals surface area contributed by atoms with Gasteiger partial charge in [0.25, 0.3) is 0 Å². The number of fused-ring (bicyclic) bond motifs is 1. The summed E-state index contributed by atoms with van der Waals surface area (Å²) in [4.78, 5) is 46.8. The number of amides is 3. The van der Waals surface area contributed by atoms with Gasteiger partial charge in [0.1, 0.15) is 5.58 Å². The van der Waals surface area contributed by atoms with Gasteiger partial charge in [-0.15, -0.1) is 0 Å². The van der Waals surface area contributed by atoms with Crippen molar-refractivity contribution < 1.29 is 18.8 Å². The molecule has 8 nitrogen and oxygen atoms in total. The summed E-state index contributed by atoms with van der Waals surface area (Å²) in [7, 11) is 0. The summed E-state index contributed by atoms with van der Waals surface area (Å²) in [6.07, 6.45) is 0. The first kappa shape index (κ1) is 17.5. The highest BCUT2D eigenvalue weighted by Gasteiger charge is 2.17. The summed E-state index contributed by atoms with van der Waals surface area (Å²) < 4.78 is 5.29. The molecule has 0 atom stereocenters. The van der Waals surface area contributed by atoms with Crippen molar-refractivity contribution in [3.8, 4) is 0 Å². The summed E-state index contributed by atoms with van der Waals surface area (Å²) >= 11 is 5.80. The van der Waals surface area contributed by atoms with Gasteiger partial charge in [-0.05, 0) is 32.0 Å². The van der Waals surface area contributed by atoms with Crippen molar-refractivity contribution in [2.24, 2.45) is 0 Å². The lowest BCUT2D eigenvalue weighted by Crippen LogP contribution is -2.49. The molecule has 0 aliphatic carbocycles. The SMILES string of the molecule is CC(C)NC(=O)C(=O)NNC(=O)c1cc(=O)c2cc(Cl)ccc2o1. The second-order valence-corrected chi connectivity index (χ2v) is 5.59. The second kappa shape index (κ2) is 7.14. The van der Waals surface area contributed by atoms with Crippen LogP contribution in [0, 0.1) is 0 Å². The molecule has 24 heavy (non-hydrogen) atoms. The lowest BCUT2D eigenvalue weighted by molar-refractivity contribution is -0.139. The van der Waals surface area contributed by atoms with E-state index >= 15 is 0 Å². The van der Waals surface area contributed by atoms with Crippen LogP contribution in [0.3, 0.4) is 0 Å². The van der Waals surface area contributed by atoms with Crippen LogP contribution in [0.2, 0.25) is 5.02 Å². The summed E-state index contributed by atoms with van der Waals surface area (Å²) in [5.41, 5.74) is 3.63. The molecule has 1 heterocycles. The fourth-order valence-electron chi connectivity index (χ4n) is 1.80.